The first-order valence-corrected chi connectivity index (χ1v) is 6.96. The van der Waals surface area contributed by atoms with Gasteiger partial charge in [-0.3, -0.25) is 14.8 Å². The van der Waals surface area contributed by atoms with Crippen molar-refractivity contribution in [1.29, 1.82) is 0 Å². The lowest BCUT2D eigenvalue weighted by molar-refractivity contribution is -0.384. The Morgan fingerprint density at radius 1 is 1.52 bits per heavy atom. The first kappa shape index (κ1) is 16.8. The van der Waals surface area contributed by atoms with E-state index in [9.17, 15) is 14.9 Å². The number of halogens is 1. The third-order valence-electron chi connectivity index (χ3n) is 3.26. The van der Waals surface area contributed by atoms with Crippen molar-refractivity contribution in [3.8, 4) is 0 Å². The Labute approximate surface area is 137 Å². The number of carbonyl (C=O) groups is 1. The minimum atomic E-state index is -0.723. The van der Waals surface area contributed by atoms with Gasteiger partial charge in [-0.25, -0.2) is 4.79 Å². The number of hydrogen-bond acceptors (Lipinski definition) is 6. The van der Waals surface area contributed by atoms with E-state index in [1.807, 2.05) is 6.20 Å². The number of aromatic nitrogens is 2. The predicted octanol–water partition coefficient (Wildman–Crippen LogP) is 2.40. The van der Waals surface area contributed by atoms with E-state index in [4.69, 9.17) is 11.6 Å². The van der Waals surface area contributed by atoms with E-state index in [0.29, 0.717) is 12.2 Å². The molecule has 1 aromatic carbocycles. The normalized spacial score (nSPS) is 10.4. The van der Waals surface area contributed by atoms with Crippen LogP contribution in [0.3, 0.4) is 0 Å². The van der Waals surface area contributed by atoms with Crippen molar-refractivity contribution in [2.45, 2.75) is 6.54 Å². The smallest absolute Gasteiger partial charge is 0.339 e. The van der Waals surface area contributed by atoms with Crippen LogP contribution in [0.15, 0.2) is 24.5 Å². The Kier molecular flexibility index (Phi) is 4.85. The number of methoxy groups -OCH3 is 1. The summed E-state index contributed by atoms with van der Waals surface area (Å²) in [5, 5.41) is 15.5. The number of esters is 1. The molecule has 0 aliphatic rings. The van der Waals surface area contributed by atoms with Gasteiger partial charge in [0.15, 0.2) is 0 Å². The van der Waals surface area contributed by atoms with Crippen molar-refractivity contribution in [2.24, 2.45) is 7.05 Å². The Hall–Kier alpha value is -2.61. The maximum absolute atomic E-state index is 11.6. The van der Waals surface area contributed by atoms with E-state index in [-0.39, 0.29) is 16.3 Å². The lowest BCUT2D eigenvalue weighted by Gasteiger charge is -2.19. The zero-order valence-electron chi connectivity index (χ0n) is 12.8. The molecule has 0 unspecified atom stereocenters. The van der Waals surface area contributed by atoms with E-state index < -0.39 is 10.9 Å². The average Bonchev–Trinajstić information content (AvgIpc) is 2.90. The highest BCUT2D eigenvalue weighted by Gasteiger charge is 2.24. The molecule has 0 aliphatic heterocycles. The van der Waals surface area contributed by atoms with Gasteiger partial charge in [0.25, 0.3) is 5.69 Å². The number of nitro benzene ring substituents is 1. The standard InChI is InChI=1S/C14H15ClN4O4/c1-17(7-9-6-16-18(2)8-9)12-5-11(15)10(14(20)23-3)4-13(12)19(21)22/h4-6,8H,7H2,1-3H3. The fourth-order valence-corrected chi connectivity index (χ4v) is 2.42. The Morgan fingerprint density at radius 3 is 2.74 bits per heavy atom. The third-order valence-corrected chi connectivity index (χ3v) is 3.57. The highest BCUT2D eigenvalue weighted by Crippen LogP contribution is 2.34. The predicted molar refractivity (Wildman–Crippen MR) is 84.8 cm³/mol. The van der Waals surface area contributed by atoms with Crippen LogP contribution in [0.1, 0.15) is 15.9 Å². The second-order valence-electron chi connectivity index (χ2n) is 4.95. The van der Waals surface area contributed by atoms with Gasteiger partial charge >= 0.3 is 5.97 Å². The molecule has 1 heterocycles. The molecule has 0 fully saturated rings. The molecule has 0 saturated heterocycles. The van der Waals surface area contributed by atoms with Crippen molar-refractivity contribution >= 4 is 28.9 Å². The van der Waals surface area contributed by atoms with Gasteiger partial charge < -0.3 is 9.64 Å². The van der Waals surface area contributed by atoms with Crippen LogP contribution in [0.5, 0.6) is 0 Å². The Morgan fingerprint density at radius 2 is 2.22 bits per heavy atom. The average molecular weight is 339 g/mol. The summed E-state index contributed by atoms with van der Waals surface area (Å²) in [6.45, 7) is 0.405. The number of nitrogens with zero attached hydrogens (tertiary/aromatic N) is 4. The number of aryl methyl sites for hydroxylation is 1. The monoisotopic (exact) mass is 338 g/mol. The van der Waals surface area contributed by atoms with Gasteiger partial charge in [-0.05, 0) is 6.07 Å². The zero-order chi connectivity index (χ0) is 17.1. The van der Waals surface area contributed by atoms with Crippen LogP contribution in [0.25, 0.3) is 0 Å². The Bertz CT molecular complexity index is 759. The van der Waals surface area contributed by atoms with Crippen LogP contribution in [0.2, 0.25) is 5.02 Å². The number of rotatable bonds is 5. The fraction of sp³-hybridized carbons (Fsp3) is 0.286. The van der Waals surface area contributed by atoms with Gasteiger partial charge in [0.1, 0.15) is 5.69 Å². The summed E-state index contributed by atoms with van der Waals surface area (Å²) in [7, 11) is 4.67. The van der Waals surface area contributed by atoms with Gasteiger partial charge in [-0.1, -0.05) is 11.6 Å². The molecule has 9 heteroatoms. The lowest BCUT2D eigenvalue weighted by Crippen LogP contribution is -2.18. The summed E-state index contributed by atoms with van der Waals surface area (Å²) >= 11 is 6.06. The van der Waals surface area contributed by atoms with E-state index in [2.05, 4.69) is 9.84 Å². The fourth-order valence-electron chi connectivity index (χ4n) is 2.18. The molecule has 2 rings (SSSR count). The van der Waals surface area contributed by atoms with Crippen LogP contribution in [0.4, 0.5) is 11.4 Å². The van der Waals surface area contributed by atoms with Crippen molar-refractivity contribution in [3.63, 3.8) is 0 Å². The molecule has 2 aromatic rings. The summed E-state index contributed by atoms with van der Waals surface area (Å²) in [5.74, 6) is -0.723. The Balaban J connectivity index is 2.42. The summed E-state index contributed by atoms with van der Waals surface area (Å²) in [6.07, 6.45) is 3.49. The molecule has 0 aliphatic carbocycles. The summed E-state index contributed by atoms with van der Waals surface area (Å²) in [6, 6.07) is 2.52. The molecule has 0 N–H and O–H groups in total. The summed E-state index contributed by atoms with van der Waals surface area (Å²) in [5.41, 5.74) is 0.926. The van der Waals surface area contributed by atoms with Gasteiger partial charge in [-0.15, -0.1) is 0 Å². The van der Waals surface area contributed by atoms with Crippen LogP contribution in [-0.2, 0) is 18.3 Å². The first-order chi connectivity index (χ1) is 10.8. The number of benzene rings is 1. The van der Waals surface area contributed by atoms with Crippen LogP contribution in [0, 0.1) is 10.1 Å². The van der Waals surface area contributed by atoms with E-state index >= 15 is 0 Å². The molecular weight excluding hydrogens is 324 g/mol. The first-order valence-electron chi connectivity index (χ1n) is 6.58. The second-order valence-corrected chi connectivity index (χ2v) is 5.35. The molecule has 0 atom stereocenters. The SMILES string of the molecule is COC(=O)c1cc([N+](=O)[O-])c(N(C)Cc2cnn(C)c2)cc1Cl. The number of carbonyl (C=O) groups excluding carboxylic acids is 1. The molecule has 23 heavy (non-hydrogen) atoms. The van der Waals surface area contributed by atoms with Gasteiger partial charge in [0.2, 0.25) is 0 Å². The number of anilines is 1. The minimum absolute atomic E-state index is 0.0422. The highest BCUT2D eigenvalue weighted by molar-refractivity contribution is 6.34. The van der Waals surface area contributed by atoms with E-state index in [0.717, 1.165) is 11.6 Å². The molecule has 1 aromatic heterocycles. The molecular formula is C14H15ClN4O4. The van der Waals surface area contributed by atoms with Gasteiger partial charge in [0, 0.05) is 38.5 Å². The quantitative estimate of drug-likeness (QED) is 0.472. The third kappa shape index (κ3) is 3.59. The molecule has 0 bridgehead atoms. The van der Waals surface area contributed by atoms with Gasteiger partial charge in [-0.2, -0.15) is 5.10 Å². The van der Waals surface area contributed by atoms with Crippen LogP contribution >= 0.6 is 11.6 Å². The van der Waals surface area contributed by atoms with Crippen molar-refractivity contribution in [3.05, 3.63) is 50.8 Å². The zero-order valence-corrected chi connectivity index (χ0v) is 13.6. The highest BCUT2D eigenvalue weighted by atomic mass is 35.5. The molecule has 8 nitrogen and oxygen atoms in total. The van der Waals surface area contributed by atoms with Crippen molar-refractivity contribution in [1.82, 2.24) is 9.78 Å². The van der Waals surface area contributed by atoms with Crippen LogP contribution in [-0.4, -0.2) is 34.8 Å². The molecule has 0 amide bonds. The van der Waals surface area contributed by atoms with Crippen molar-refractivity contribution in [2.75, 3.05) is 19.1 Å². The maximum atomic E-state index is 11.6. The van der Waals surface area contributed by atoms with E-state index in [1.165, 1.54) is 13.2 Å². The lowest BCUT2D eigenvalue weighted by atomic mass is 10.1. The largest absolute Gasteiger partial charge is 0.465 e. The van der Waals surface area contributed by atoms with Gasteiger partial charge in [0.05, 0.1) is 28.8 Å². The van der Waals surface area contributed by atoms with E-state index in [1.54, 1.807) is 29.9 Å². The van der Waals surface area contributed by atoms with Crippen molar-refractivity contribution < 1.29 is 14.5 Å². The molecule has 122 valence electrons. The second kappa shape index (κ2) is 6.66. The minimum Gasteiger partial charge on any atom is -0.465 e. The summed E-state index contributed by atoms with van der Waals surface area (Å²) < 4.78 is 6.22. The molecule has 0 saturated carbocycles. The molecule has 0 radical (unpaired) electrons. The maximum Gasteiger partial charge on any atom is 0.339 e. The number of nitro groups is 1. The number of ether oxygens (including phenoxy) is 1. The number of hydrogen-bond donors (Lipinski definition) is 0. The summed E-state index contributed by atoms with van der Waals surface area (Å²) in [4.78, 5) is 24.1. The molecule has 0 spiro atoms. The van der Waals surface area contributed by atoms with Crippen LogP contribution < -0.4 is 4.90 Å². The topological polar surface area (TPSA) is 90.5 Å².